The van der Waals surface area contributed by atoms with Crippen LogP contribution in [0, 0.1) is 5.92 Å². The first kappa shape index (κ1) is 21.3. The summed E-state index contributed by atoms with van der Waals surface area (Å²) in [5.41, 5.74) is 0.503. The molecule has 8 heteroatoms. The van der Waals surface area contributed by atoms with Gasteiger partial charge in [-0.1, -0.05) is 37.3 Å². The van der Waals surface area contributed by atoms with Crippen molar-refractivity contribution in [3.63, 3.8) is 0 Å². The first-order chi connectivity index (χ1) is 13.3. The first-order valence-electron chi connectivity index (χ1n) is 9.20. The van der Waals surface area contributed by atoms with Crippen molar-refractivity contribution in [3.05, 3.63) is 46.0 Å². The summed E-state index contributed by atoms with van der Waals surface area (Å²) < 4.78 is 24.5. The van der Waals surface area contributed by atoms with E-state index >= 15 is 0 Å². The van der Waals surface area contributed by atoms with E-state index in [1.54, 1.807) is 18.3 Å². The third kappa shape index (κ3) is 5.13. The SMILES string of the molecule is CS(=O)(=O)c1ccc(N(C(=O)CCC2CCCC2)c2ccc(Br)cn2)cc1Cl. The Hall–Kier alpha value is -1.44. The molecular weight excluding hydrogens is 464 g/mol. The molecule has 0 saturated heterocycles. The lowest BCUT2D eigenvalue weighted by Gasteiger charge is -2.23. The van der Waals surface area contributed by atoms with Crippen molar-refractivity contribution in [2.45, 2.75) is 43.4 Å². The van der Waals surface area contributed by atoms with Gasteiger partial charge in [0.15, 0.2) is 9.84 Å². The Morgan fingerprint density at radius 1 is 1.25 bits per heavy atom. The van der Waals surface area contributed by atoms with Crippen LogP contribution in [0.3, 0.4) is 0 Å². The number of anilines is 2. The maximum Gasteiger partial charge on any atom is 0.232 e. The number of hydrogen-bond donors (Lipinski definition) is 0. The zero-order valence-corrected chi connectivity index (χ0v) is 18.7. The molecule has 0 unspecified atom stereocenters. The molecule has 1 amide bonds. The van der Waals surface area contributed by atoms with Crippen LogP contribution in [0.15, 0.2) is 45.9 Å². The first-order valence-corrected chi connectivity index (χ1v) is 12.3. The number of rotatable bonds is 6. The molecule has 28 heavy (non-hydrogen) atoms. The third-order valence-electron chi connectivity index (χ3n) is 5.00. The summed E-state index contributed by atoms with van der Waals surface area (Å²) in [5.74, 6) is 0.993. The highest BCUT2D eigenvalue weighted by atomic mass is 79.9. The van der Waals surface area contributed by atoms with E-state index in [2.05, 4.69) is 20.9 Å². The lowest BCUT2D eigenvalue weighted by atomic mass is 10.0. The Balaban J connectivity index is 1.92. The van der Waals surface area contributed by atoms with Crippen LogP contribution in [-0.4, -0.2) is 25.6 Å². The minimum absolute atomic E-state index is 0.0417. The van der Waals surface area contributed by atoms with Crippen LogP contribution in [0.1, 0.15) is 38.5 Å². The van der Waals surface area contributed by atoms with Gasteiger partial charge in [-0.3, -0.25) is 9.69 Å². The van der Waals surface area contributed by atoms with E-state index in [9.17, 15) is 13.2 Å². The minimum atomic E-state index is -3.44. The van der Waals surface area contributed by atoms with Crippen molar-refractivity contribution < 1.29 is 13.2 Å². The van der Waals surface area contributed by atoms with E-state index in [4.69, 9.17) is 11.6 Å². The number of pyridine rings is 1. The van der Waals surface area contributed by atoms with Gasteiger partial charge in [-0.25, -0.2) is 13.4 Å². The molecule has 0 N–H and O–H groups in total. The molecule has 1 aromatic carbocycles. The van der Waals surface area contributed by atoms with Crippen molar-refractivity contribution in [2.75, 3.05) is 11.2 Å². The normalized spacial score (nSPS) is 15.0. The van der Waals surface area contributed by atoms with E-state index in [1.165, 1.54) is 42.7 Å². The molecule has 1 fully saturated rings. The van der Waals surface area contributed by atoms with Crippen molar-refractivity contribution in [2.24, 2.45) is 5.92 Å². The number of nitrogens with zero attached hydrogens (tertiary/aromatic N) is 2. The van der Waals surface area contributed by atoms with Crippen LogP contribution in [0.2, 0.25) is 5.02 Å². The lowest BCUT2D eigenvalue weighted by Crippen LogP contribution is -2.27. The maximum absolute atomic E-state index is 13.1. The highest BCUT2D eigenvalue weighted by Gasteiger charge is 2.24. The van der Waals surface area contributed by atoms with Crippen molar-refractivity contribution >= 4 is 54.8 Å². The van der Waals surface area contributed by atoms with Gasteiger partial charge in [0.25, 0.3) is 0 Å². The molecule has 1 aromatic heterocycles. The van der Waals surface area contributed by atoms with Crippen LogP contribution in [-0.2, 0) is 14.6 Å². The van der Waals surface area contributed by atoms with Gasteiger partial charge < -0.3 is 0 Å². The van der Waals surface area contributed by atoms with Crippen LogP contribution in [0.25, 0.3) is 0 Å². The molecule has 1 saturated carbocycles. The minimum Gasteiger partial charge on any atom is -0.274 e. The number of hydrogen-bond acceptors (Lipinski definition) is 4. The summed E-state index contributed by atoms with van der Waals surface area (Å²) in [5, 5.41) is 0.0886. The fraction of sp³-hybridized carbons (Fsp3) is 0.400. The number of carbonyl (C=O) groups excluding carboxylic acids is 1. The van der Waals surface area contributed by atoms with Crippen molar-refractivity contribution in [1.29, 1.82) is 0 Å². The summed E-state index contributed by atoms with van der Waals surface area (Å²) in [4.78, 5) is 19.0. The van der Waals surface area contributed by atoms with E-state index < -0.39 is 9.84 Å². The molecule has 0 aliphatic heterocycles. The number of carbonyl (C=O) groups is 1. The molecule has 1 aliphatic rings. The molecular formula is C20H22BrClN2O3S. The Kier molecular flexibility index (Phi) is 6.78. The van der Waals surface area contributed by atoms with Gasteiger partial charge in [-0.05, 0) is 58.6 Å². The number of sulfone groups is 1. The Morgan fingerprint density at radius 2 is 1.96 bits per heavy atom. The maximum atomic E-state index is 13.1. The molecule has 3 rings (SSSR count). The summed E-state index contributed by atoms with van der Waals surface area (Å²) in [6.07, 6.45) is 8.82. The largest absolute Gasteiger partial charge is 0.274 e. The van der Waals surface area contributed by atoms with Gasteiger partial charge in [-0.15, -0.1) is 0 Å². The zero-order chi connectivity index (χ0) is 20.3. The molecule has 1 heterocycles. The highest BCUT2D eigenvalue weighted by Crippen LogP contribution is 2.33. The summed E-state index contributed by atoms with van der Waals surface area (Å²) in [7, 11) is -3.44. The summed E-state index contributed by atoms with van der Waals surface area (Å²) in [6, 6.07) is 8.10. The van der Waals surface area contributed by atoms with Crippen LogP contribution in [0.4, 0.5) is 11.5 Å². The highest BCUT2D eigenvalue weighted by molar-refractivity contribution is 9.10. The fourth-order valence-electron chi connectivity index (χ4n) is 3.57. The summed E-state index contributed by atoms with van der Waals surface area (Å²) in [6.45, 7) is 0. The van der Waals surface area contributed by atoms with E-state index in [0.717, 1.165) is 17.1 Å². The van der Waals surface area contributed by atoms with E-state index in [1.807, 2.05) is 6.07 Å². The van der Waals surface area contributed by atoms with Gasteiger partial charge in [0.05, 0.1) is 15.6 Å². The topological polar surface area (TPSA) is 67.3 Å². The second-order valence-electron chi connectivity index (χ2n) is 7.14. The molecule has 1 aliphatic carbocycles. The van der Waals surface area contributed by atoms with Gasteiger partial charge in [0.2, 0.25) is 5.91 Å². The van der Waals surface area contributed by atoms with E-state index in [-0.39, 0.29) is 15.8 Å². The Labute approximate surface area is 179 Å². The Morgan fingerprint density at radius 3 is 2.54 bits per heavy atom. The monoisotopic (exact) mass is 484 g/mol. The number of benzene rings is 1. The number of halogens is 2. The standard InChI is InChI=1S/C20H22BrClN2O3S/c1-28(26,27)18-9-8-16(12-17(18)22)24(19-10-7-15(21)13-23-19)20(25)11-6-14-4-2-3-5-14/h7-10,12-14H,2-6,11H2,1H3. The average molecular weight is 486 g/mol. The quantitative estimate of drug-likeness (QED) is 0.539. The molecule has 0 bridgehead atoms. The predicted molar refractivity (Wildman–Crippen MR) is 115 cm³/mol. The third-order valence-corrected chi connectivity index (χ3v) is 7.05. The van der Waals surface area contributed by atoms with Gasteiger partial charge >= 0.3 is 0 Å². The smallest absolute Gasteiger partial charge is 0.232 e. The fourth-order valence-corrected chi connectivity index (χ4v) is 5.13. The second kappa shape index (κ2) is 8.93. The molecule has 0 spiro atoms. The predicted octanol–water partition coefficient (Wildman–Crippen LogP) is 5.54. The van der Waals surface area contributed by atoms with Crippen LogP contribution in [0.5, 0.6) is 0 Å². The van der Waals surface area contributed by atoms with Crippen LogP contribution < -0.4 is 4.90 Å². The molecule has 150 valence electrons. The van der Waals surface area contributed by atoms with Gasteiger partial charge in [0, 0.05) is 23.3 Å². The van der Waals surface area contributed by atoms with Gasteiger partial charge in [0.1, 0.15) is 5.82 Å². The van der Waals surface area contributed by atoms with E-state index in [0.29, 0.717) is 23.8 Å². The molecule has 0 radical (unpaired) electrons. The Bertz CT molecular complexity index is 958. The molecule has 5 nitrogen and oxygen atoms in total. The molecule has 0 atom stereocenters. The average Bonchev–Trinajstić information content (AvgIpc) is 3.14. The van der Waals surface area contributed by atoms with Crippen molar-refractivity contribution in [1.82, 2.24) is 4.98 Å². The number of amides is 1. The zero-order valence-electron chi connectivity index (χ0n) is 15.6. The van der Waals surface area contributed by atoms with Crippen LogP contribution >= 0.6 is 27.5 Å². The number of aromatic nitrogens is 1. The molecule has 2 aromatic rings. The summed E-state index contributed by atoms with van der Waals surface area (Å²) >= 11 is 9.56. The second-order valence-corrected chi connectivity index (χ2v) is 10.4. The van der Waals surface area contributed by atoms with Gasteiger partial charge in [-0.2, -0.15) is 0 Å². The lowest BCUT2D eigenvalue weighted by molar-refractivity contribution is -0.118. The van der Waals surface area contributed by atoms with Crippen molar-refractivity contribution in [3.8, 4) is 0 Å².